The summed E-state index contributed by atoms with van der Waals surface area (Å²) >= 11 is 0. The molecule has 3 saturated carbocycles. The van der Waals surface area contributed by atoms with Crippen molar-refractivity contribution in [1.82, 2.24) is 0 Å². The Kier molecular flexibility index (Phi) is 11.1. The van der Waals surface area contributed by atoms with Crippen molar-refractivity contribution in [3.8, 4) is 0 Å². The second-order valence-corrected chi connectivity index (χ2v) is 13.3. The average molecular weight is 538 g/mol. The molecule has 39 heavy (non-hydrogen) atoms. The van der Waals surface area contributed by atoms with Crippen molar-refractivity contribution in [2.24, 2.45) is 33.7 Å². The van der Waals surface area contributed by atoms with E-state index in [1.54, 1.807) is 5.57 Å². The Bertz CT molecular complexity index is 1020. The first-order valence-electron chi connectivity index (χ1n) is 15.3. The monoisotopic (exact) mass is 537 g/mol. The normalized spacial score (nSPS) is 31.7. The van der Waals surface area contributed by atoms with E-state index in [2.05, 4.69) is 63.4 Å². The van der Waals surface area contributed by atoms with E-state index in [1.807, 2.05) is 0 Å². The number of rotatable bonds is 12. The number of carbonyl (C=O) groups excluding carboxylic acids is 2. The van der Waals surface area contributed by atoms with Gasteiger partial charge in [-0.2, -0.15) is 0 Å². The summed E-state index contributed by atoms with van der Waals surface area (Å²) in [4.78, 5) is 26.6. The zero-order valence-electron chi connectivity index (χ0n) is 25.1. The highest BCUT2D eigenvalue weighted by atomic mass is 16.5. The van der Waals surface area contributed by atoms with E-state index in [0.29, 0.717) is 11.8 Å². The van der Waals surface area contributed by atoms with Crippen LogP contribution in [0, 0.1) is 28.6 Å². The van der Waals surface area contributed by atoms with Crippen LogP contribution >= 0.6 is 0 Å². The lowest BCUT2D eigenvalue weighted by atomic mass is 9.53. The molecule has 0 aromatic rings. The van der Waals surface area contributed by atoms with Crippen molar-refractivity contribution < 1.29 is 14.3 Å². The molecular formula is C33H51N3O3. The number of nitrogens with zero attached hydrogens (tertiary/aromatic N) is 3. The van der Waals surface area contributed by atoms with E-state index in [9.17, 15) is 9.59 Å². The van der Waals surface area contributed by atoms with Crippen LogP contribution in [0.2, 0.25) is 0 Å². The first-order chi connectivity index (χ1) is 18.5. The Balaban J connectivity index is 1.65. The van der Waals surface area contributed by atoms with Crippen LogP contribution < -0.4 is 0 Å². The van der Waals surface area contributed by atoms with Gasteiger partial charge in [0.15, 0.2) is 0 Å². The summed E-state index contributed by atoms with van der Waals surface area (Å²) in [5, 5.41) is 3.26. The molecule has 0 aromatic heterocycles. The molecule has 0 N–H and O–H groups in total. The number of azide groups is 1. The lowest BCUT2D eigenvalue weighted by Crippen LogP contribution is -2.43. The van der Waals surface area contributed by atoms with Gasteiger partial charge < -0.3 is 4.74 Å². The summed E-state index contributed by atoms with van der Waals surface area (Å²) in [5.74, 6) is 1.74. The molecule has 0 aromatic carbocycles. The van der Waals surface area contributed by atoms with Gasteiger partial charge in [0.25, 0.3) is 0 Å². The molecule has 216 valence electrons. The zero-order chi connectivity index (χ0) is 28.6. The Labute approximate surface area is 236 Å². The minimum absolute atomic E-state index is 0.0221. The van der Waals surface area contributed by atoms with Crippen LogP contribution in [0.15, 0.2) is 40.6 Å². The number of hydrogen-bond donors (Lipinski definition) is 0. The molecule has 6 nitrogen and oxygen atoms in total. The van der Waals surface area contributed by atoms with Crippen LogP contribution in [-0.4, -0.2) is 24.4 Å². The summed E-state index contributed by atoms with van der Waals surface area (Å²) in [6.07, 6.45) is 17.2. The summed E-state index contributed by atoms with van der Waals surface area (Å²) in [6, 6.07) is 0. The van der Waals surface area contributed by atoms with E-state index in [0.717, 1.165) is 36.2 Å². The number of carbonyl (C=O) groups is 2. The molecule has 0 saturated heterocycles. The topological polar surface area (TPSA) is 92.1 Å². The van der Waals surface area contributed by atoms with Crippen LogP contribution in [0.4, 0.5) is 0 Å². The molecule has 0 spiro atoms. The SMILES string of the molecule is C=C1CC[C@H](OC(=O)CCC(=O)CN=[N+]=[N-])C/C1=C/C=C1\CCC[C@]2(C)[C@@H]([C@H](C)CCCC(C)C)CC[C@@]12C. The maximum absolute atomic E-state index is 12.3. The van der Waals surface area contributed by atoms with Crippen molar-refractivity contribution in [3.63, 3.8) is 0 Å². The van der Waals surface area contributed by atoms with Crippen LogP contribution in [0.3, 0.4) is 0 Å². The molecule has 0 heterocycles. The number of hydrogen-bond acceptors (Lipinski definition) is 4. The summed E-state index contributed by atoms with van der Waals surface area (Å²) in [7, 11) is 0. The number of allylic oxidation sites excluding steroid dienone is 4. The highest BCUT2D eigenvalue weighted by Crippen LogP contribution is 2.67. The predicted molar refractivity (Wildman–Crippen MR) is 158 cm³/mol. The van der Waals surface area contributed by atoms with Crippen LogP contribution in [0.1, 0.15) is 118 Å². The van der Waals surface area contributed by atoms with E-state index in [1.165, 1.54) is 56.9 Å². The van der Waals surface area contributed by atoms with Gasteiger partial charge in [-0.05, 0) is 84.6 Å². The maximum Gasteiger partial charge on any atom is 0.306 e. The summed E-state index contributed by atoms with van der Waals surface area (Å²) in [5.41, 5.74) is 12.8. The second-order valence-electron chi connectivity index (χ2n) is 13.3. The fourth-order valence-corrected chi connectivity index (χ4v) is 7.75. The minimum Gasteiger partial charge on any atom is -0.462 e. The third-order valence-electron chi connectivity index (χ3n) is 10.4. The standard InChI is InChI=1S/C33H51N3O3/c1-23(2)9-7-10-25(4)30-18-20-32(5)27(11-8-19-33(30,32)6)14-13-26-21-29(16-12-24(26)3)39-31(38)17-15-28(37)22-35-36-34/h13-14,23,25,29-30H,3,7-12,15-22H2,1-2,4-6H3/b26-13-,27-14+/t25-,29+,30-,32+,33-/m1/s1. The number of Topliss-reactive ketones (excluding diaryl/α,β-unsaturated/α-hetero) is 1. The minimum atomic E-state index is -0.366. The first-order valence-corrected chi connectivity index (χ1v) is 15.3. The van der Waals surface area contributed by atoms with Crippen molar-refractivity contribution in [2.45, 2.75) is 124 Å². The zero-order valence-corrected chi connectivity index (χ0v) is 25.1. The van der Waals surface area contributed by atoms with Gasteiger partial charge in [0.1, 0.15) is 11.9 Å². The van der Waals surface area contributed by atoms with Gasteiger partial charge in [-0.3, -0.25) is 9.59 Å². The molecular weight excluding hydrogens is 486 g/mol. The quantitative estimate of drug-likeness (QED) is 0.107. The van der Waals surface area contributed by atoms with Crippen LogP contribution in [-0.2, 0) is 14.3 Å². The van der Waals surface area contributed by atoms with E-state index < -0.39 is 0 Å². The Hall–Kier alpha value is -2.33. The maximum atomic E-state index is 12.3. The first kappa shape index (κ1) is 31.2. The number of ketones is 1. The van der Waals surface area contributed by atoms with Crippen LogP contribution in [0.25, 0.3) is 10.4 Å². The molecule has 3 aliphatic rings. The van der Waals surface area contributed by atoms with Gasteiger partial charge in [-0.25, -0.2) is 0 Å². The van der Waals surface area contributed by atoms with Gasteiger partial charge >= 0.3 is 5.97 Å². The Morgan fingerprint density at radius 2 is 1.90 bits per heavy atom. The van der Waals surface area contributed by atoms with E-state index >= 15 is 0 Å². The van der Waals surface area contributed by atoms with Gasteiger partial charge in [0.2, 0.25) is 0 Å². The summed E-state index contributed by atoms with van der Waals surface area (Å²) in [6.45, 7) is 16.4. The lowest BCUT2D eigenvalue weighted by molar-refractivity contribution is -0.150. The fraction of sp³-hybridized carbons (Fsp3) is 0.758. The molecule has 3 aliphatic carbocycles. The lowest BCUT2D eigenvalue weighted by Gasteiger charge is -2.51. The third-order valence-corrected chi connectivity index (χ3v) is 10.4. The average Bonchev–Trinajstić information content (AvgIpc) is 3.17. The smallest absolute Gasteiger partial charge is 0.306 e. The fourth-order valence-electron chi connectivity index (χ4n) is 7.75. The number of ether oxygens (including phenoxy) is 1. The third kappa shape index (κ3) is 7.66. The van der Waals surface area contributed by atoms with Gasteiger partial charge in [-0.15, -0.1) is 0 Å². The molecule has 0 amide bonds. The molecule has 3 fully saturated rings. The Morgan fingerprint density at radius 1 is 1.13 bits per heavy atom. The van der Waals surface area contributed by atoms with Crippen molar-refractivity contribution in [1.29, 1.82) is 0 Å². The molecule has 0 aliphatic heterocycles. The molecule has 6 heteroatoms. The highest BCUT2D eigenvalue weighted by molar-refractivity contribution is 5.84. The van der Waals surface area contributed by atoms with E-state index in [4.69, 9.17) is 10.3 Å². The largest absolute Gasteiger partial charge is 0.462 e. The molecule has 3 rings (SSSR count). The molecule has 5 atom stereocenters. The van der Waals surface area contributed by atoms with E-state index in [-0.39, 0.29) is 42.7 Å². The second kappa shape index (κ2) is 13.8. The molecule has 0 radical (unpaired) electrons. The highest BCUT2D eigenvalue weighted by Gasteiger charge is 2.57. The van der Waals surface area contributed by atoms with Gasteiger partial charge in [0.05, 0.1) is 13.0 Å². The number of esters is 1. The van der Waals surface area contributed by atoms with Crippen molar-refractivity contribution in [2.75, 3.05) is 6.54 Å². The summed E-state index contributed by atoms with van der Waals surface area (Å²) < 4.78 is 5.71. The Morgan fingerprint density at radius 3 is 2.62 bits per heavy atom. The molecule has 0 bridgehead atoms. The molecule has 0 unspecified atom stereocenters. The van der Waals surface area contributed by atoms with Gasteiger partial charge in [-0.1, -0.05) is 88.9 Å². The van der Waals surface area contributed by atoms with Gasteiger partial charge in [0, 0.05) is 17.8 Å². The predicted octanol–water partition coefficient (Wildman–Crippen LogP) is 9.22. The number of fused-ring (bicyclic) bond motifs is 1. The van der Waals surface area contributed by atoms with Crippen LogP contribution in [0.5, 0.6) is 0 Å². The van der Waals surface area contributed by atoms with Crippen molar-refractivity contribution >= 4 is 11.8 Å². The van der Waals surface area contributed by atoms with Crippen molar-refractivity contribution in [3.05, 3.63) is 45.9 Å².